The number of nitrogens with zero attached hydrogens (tertiary/aromatic N) is 3. The molecule has 0 aliphatic heterocycles. The summed E-state index contributed by atoms with van der Waals surface area (Å²) in [5.74, 6) is 0.460. The summed E-state index contributed by atoms with van der Waals surface area (Å²) in [5, 5.41) is 4.05. The molecule has 0 fully saturated rings. The van der Waals surface area contributed by atoms with Gasteiger partial charge in [-0.3, -0.25) is 14.6 Å². The van der Waals surface area contributed by atoms with Crippen LogP contribution < -0.4 is 19.7 Å². The van der Waals surface area contributed by atoms with Crippen LogP contribution in [-0.4, -0.2) is 42.5 Å². The number of fused-ring (bicyclic) bond motifs is 1. The van der Waals surface area contributed by atoms with Gasteiger partial charge in [0.2, 0.25) is 11.8 Å². The zero-order valence-corrected chi connectivity index (χ0v) is 23.1. The largest absolute Gasteiger partial charge is 0.496 e. The molecule has 2 aromatic heterocycles. The lowest BCUT2D eigenvalue weighted by molar-refractivity contribution is -0.122. The van der Waals surface area contributed by atoms with Gasteiger partial charge in [-0.15, -0.1) is 0 Å². The molecular weight excluding hydrogens is 539 g/mol. The number of pyridine rings is 2. The third-order valence-corrected chi connectivity index (χ3v) is 6.69. The predicted octanol–water partition coefficient (Wildman–Crippen LogP) is 5.63. The number of carbonyl (C=O) groups excluding carboxylic acids is 2. The van der Waals surface area contributed by atoms with Crippen LogP contribution in [0.5, 0.6) is 11.5 Å². The number of rotatable bonds is 9. The number of ether oxygens (including phenoxy) is 2. The smallest absolute Gasteiger partial charge is 0.246 e. The number of carbonyl (C=O) groups is 2. The van der Waals surface area contributed by atoms with Crippen LogP contribution in [0, 0.1) is 6.92 Å². The highest BCUT2D eigenvalue weighted by atomic mass is 35.5. The van der Waals surface area contributed by atoms with Crippen LogP contribution in [0.2, 0.25) is 10.0 Å². The maximum absolute atomic E-state index is 12.8. The third-order valence-electron chi connectivity index (χ3n) is 5.91. The van der Waals surface area contributed by atoms with Crippen LogP contribution in [0.3, 0.4) is 0 Å². The molecule has 0 aliphatic carbocycles. The number of hydrogen-bond donors (Lipinski definition) is 1. The van der Waals surface area contributed by atoms with E-state index >= 15 is 0 Å². The fraction of sp³-hybridized carbons (Fsp3) is 0.172. The SMILES string of the molecule is COc1cc(C)nc2c(OCc3c(Cl)ccc(N(C)C(=O)CNC(=O)C=Cc4cccnc4)c3Cl)cccc12. The van der Waals surface area contributed by atoms with Gasteiger partial charge in [0.05, 0.1) is 24.4 Å². The lowest BCUT2D eigenvalue weighted by Gasteiger charge is -2.21. The molecule has 2 amide bonds. The number of hydrogen-bond acceptors (Lipinski definition) is 6. The molecule has 0 aliphatic rings. The average molecular weight is 565 g/mol. The van der Waals surface area contributed by atoms with Gasteiger partial charge in [-0.25, -0.2) is 4.98 Å². The first kappa shape index (κ1) is 27.9. The molecule has 8 nitrogen and oxygen atoms in total. The van der Waals surface area contributed by atoms with E-state index in [2.05, 4.69) is 15.3 Å². The summed E-state index contributed by atoms with van der Waals surface area (Å²) in [6, 6.07) is 14.3. The minimum Gasteiger partial charge on any atom is -0.496 e. The van der Waals surface area contributed by atoms with Crippen molar-refractivity contribution in [3.05, 3.63) is 93.9 Å². The Bertz CT molecular complexity index is 1540. The highest BCUT2D eigenvalue weighted by Crippen LogP contribution is 2.36. The zero-order valence-electron chi connectivity index (χ0n) is 21.6. The van der Waals surface area contributed by atoms with Crippen molar-refractivity contribution >= 4 is 57.7 Å². The molecule has 4 aromatic rings. The van der Waals surface area contributed by atoms with Crippen molar-refractivity contribution in [2.75, 3.05) is 25.6 Å². The molecule has 0 unspecified atom stereocenters. The number of amides is 2. The third kappa shape index (κ3) is 6.66. The van der Waals surface area contributed by atoms with Crippen LogP contribution >= 0.6 is 23.2 Å². The molecule has 0 radical (unpaired) electrons. The van der Waals surface area contributed by atoms with Gasteiger partial charge in [0.15, 0.2) is 0 Å². The summed E-state index contributed by atoms with van der Waals surface area (Å²) in [5.41, 5.74) is 3.15. The molecule has 0 atom stereocenters. The minimum atomic E-state index is -0.410. The second-order valence-electron chi connectivity index (χ2n) is 8.56. The normalized spacial score (nSPS) is 11.0. The van der Waals surface area contributed by atoms with Gasteiger partial charge in [-0.2, -0.15) is 0 Å². The van der Waals surface area contributed by atoms with Crippen molar-refractivity contribution in [1.82, 2.24) is 15.3 Å². The van der Waals surface area contributed by atoms with E-state index in [0.29, 0.717) is 33.3 Å². The molecule has 39 heavy (non-hydrogen) atoms. The number of anilines is 1. The summed E-state index contributed by atoms with van der Waals surface area (Å²) < 4.78 is 11.6. The zero-order chi connectivity index (χ0) is 27.9. The van der Waals surface area contributed by atoms with Crippen molar-refractivity contribution in [3.63, 3.8) is 0 Å². The maximum Gasteiger partial charge on any atom is 0.246 e. The molecule has 0 spiro atoms. The molecule has 2 aromatic carbocycles. The van der Waals surface area contributed by atoms with Crippen molar-refractivity contribution in [3.8, 4) is 11.5 Å². The molecule has 0 bridgehead atoms. The number of likely N-dealkylation sites (N-methyl/N-ethyl adjacent to an activating group) is 1. The highest BCUT2D eigenvalue weighted by Gasteiger charge is 2.19. The van der Waals surface area contributed by atoms with E-state index in [1.807, 2.05) is 31.2 Å². The van der Waals surface area contributed by atoms with Crippen molar-refractivity contribution in [2.24, 2.45) is 0 Å². The van der Waals surface area contributed by atoms with Crippen molar-refractivity contribution in [2.45, 2.75) is 13.5 Å². The van der Waals surface area contributed by atoms with E-state index in [1.165, 1.54) is 11.0 Å². The second kappa shape index (κ2) is 12.6. The molecule has 0 saturated heterocycles. The van der Waals surface area contributed by atoms with E-state index in [-0.39, 0.29) is 24.1 Å². The Hall–Kier alpha value is -4.14. The van der Waals surface area contributed by atoms with Crippen molar-refractivity contribution in [1.29, 1.82) is 0 Å². The Balaban J connectivity index is 1.46. The van der Waals surface area contributed by atoms with E-state index < -0.39 is 5.91 Å². The topological polar surface area (TPSA) is 93.7 Å². The Morgan fingerprint density at radius 1 is 1.10 bits per heavy atom. The molecule has 2 heterocycles. The number of benzene rings is 2. The highest BCUT2D eigenvalue weighted by molar-refractivity contribution is 6.38. The van der Waals surface area contributed by atoms with Crippen LogP contribution in [-0.2, 0) is 16.2 Å². The van der Waals surface area contributed by atoms with E-state index in [9.17, 15) is 9.59 Å². The van der Waals surface area contributed by atoms with E-state index in [4.69, 9.17) is 32.7 Å². The van der Waals surface area contributed by atoms with E-state index in [1.54, 1.807) is 56.9 Å². The van der Waals surface area contributed by atoms with Gasteiger partial charge < -0.3 is 19.7 Å². The first-order chi connectivity index (χ1) is 18.8. The van der Waals surface area contributed by atoms with Gasteiger partial charge in [-0.05, 0) is 48.9 Å². The summed E-state index contributed by atoms with van der Waals surface area (Å²) in [6.45, 7) is 1.70. The number of halogens is 2. The lowest BCUT2D eigenvalue weighted by Crippen LogP contribution is -2.37. The summed E-state index contributed by atoms with van der Waals surface area (Å²) in [7, 11) is 3.18. The second-order valence-corrected chi connectivity index (χ2v) is 9.34. The van der Waals surface area contributed by atoms with Crippen LogP contribution in [0.4, 0.5) is 5.69 Å². The Morgan fingerprint density at radius 3 is 2.67 bits per heavy atom. The first-order valence-corrected chi connectivity index (χ1v) is 12.7. The molecule has 0 saturated carbocycles. The number of aryl methyl sites for hydroxylation is 1. The fourth-order valence-electron chi connectivity index (χ4n) is 3.85. The summed E-state index contributed by atoms with van der Waals surface area (Å²) in [6.07, 6.45) is 6.22. The number of methoxy groups -OCH3 is 1. The van der Waals surface area contributed by atoms with Crippen LogP contribution in [0.25, 0.3) is 17.0 Å². The lowest BCUT2D eigenvalue weighted by atomic mass is 10.1. The standard InChI is InChI=1S/C29H26Cl2N4O4/c1-18-14-25(38-3)20-7-4-8-24(29(20)34-18)39-17-21-22(30)10-11-23(28(21)31)35(2)27(37)16-33-26(36)12-9-19-6-5-13-32-15-19/h4-15H,16-17H2,1-3H3,(H,33,36). The average Bonchev–Trinajstić information content (AvgIpc) is 2.94. The molecule has 10 heteroatoms. The Morgan fingerprint density at radius 2 is 1.92 bits per heavy atom. The van der Waals surface area contributed by atoms with Gasteiger partial charge in [0, 0.05) is 53.2 Å². The van der Waals surface area contributed by atoms with Crippen LogP contribution in [0.15, 0.2) is 67.0 Å². The van der Waals surface area contributed by atoms with Crippen molar-refractivity contribution < 1.29 is 19.1 Å². The Labute approximate surface area is 236 Å². The molecular formula is C29H26Cl2N4O4. The Kier molecular flexibility index (Phi) is 9.01. The van der Waals surface area contributed by atoms with Gasteiger partial charge in [0.25, 0.3) is 0 Å². The first-order valence-electron chi connectivity index (χ1n) is 11.9. The van der Waals surface area contributed by atoms with Crippen LogP contribution in [0.1, 0.15) is 16.8 Å². The van der Waals surface area contributed by atoms with E-state index in [0.717, 1.165) is 16.6 Å². The fourth-order valence-corrected chi connectivity index (χ4v) is 4.45. The molecule has 200 valence electrons. The quantitative estimate of drug-likeness (QED) is 0.265. The molecule has 4 rings (SSSR count). The monoisotopic (exact) mass is 564 g/mol. The summed E-state index contributed by atoms with van der Waals surface area (Å²) >= 11 is 13.2. The minimum absolute atomic E-state index is 0.0421. The summed E-state index contributed by atoms with van der Waals surface area (Å²) in [4.78, 5) is 34.9. The number of para-hydroxylation sites is 1. The van der Waals surface area contributed by atoms with Gasteiger partial charge >= 0.3 is 0 Å². The number of nitrogens with one attached hydrogen (secondary N) is 1. The van der Waals surface area contributed by atoms with Gasteiger partial charge in [-0.1, -0.05) is 35.3 Å². The maximum atomic E-state index is 12.8. The number of aromatic nitrogens is 2. The van der Waals surface area contributed by atoms with Gasteiger partial charge in [0.1, 0.15) is 23.6 Å². The predicted molar refractivity (Wildman–Crippen MR) is 154 cm³/mol. The molecule has 1 N–H and O–H groups in total.